The van der Waals surface area contributed by atoms with E-state index in [2.05, 4.69) is 15.9 Å². The van der Waals surface area contributed by atoms with Crippen molar-refractivity contribution in [1.82, 2.24) is 0 Å². The Hall–Kier alpha value is -1.40. The summed E-state index contributed by atoms with van der Waals surface area (Å²) >= 11 is 3.43. The Bertz CT molecular complexity index is 504. The molecule has 0 saturated carbocycles. The predicted octanol–water partition coefficient (Wildman–Crippen LogP) is 2.69. The van der Waals surface area contributed by atoms with Crippen molar-refractivity contribution < 1.29 is 19.1 Å². The molecule has 21 heavy (non-hydrogen) atoms. The van der Waals surface area contributed by atoms with Crippen LogP contribution in [0.4, 0.5) is 5.69 Å². The minimum absolute atomic E-state index is 0.267. The van der Waals surface area contributed by atoms with Gasteiger partial charge in [-0.3, -0.25) is 9.59 Å². The maximum absolute atomic E-state index is 12.2. The maximum atomic E-state index is 12.2. The van der Waals surface area contributed by atoms with Gasteiger partial charge in [-0.2, -0.15) is 0 Å². The third kappa shape index (κ3) is 5.85. The number of anilines is 1. The molecule has 0 aliphatic rings. The van der Waals surface area contributed by atoms with Gasteiger partial charge in [-0.05, 0) is 37.6 Å². The fraction of sp³-hybridized carbons (Fsp3) is 0.467. The van der Waals surface area contributed by atoms with E-state index in [1.165, 1.54) is 6.92 Å². The van der Waals surface area contributed by atoms with Gasteiger partial charge in [0.15, 0.2) is 6.61 Å². The molecular weight excluding hydrogens is 338 g/mol. The smallest absolute Gasteiger partial charge is 0.303 e. The van der Waals surface area contributed by atoms with Gasteiger partial charge >= 0.3 is 5.97 Å². The van der Waals surface area contributed by atoms with E-state index in [4.69, 9.17) is 9.47 Å². The fourth-order valence-corrected chi connectivity index (χ4v) is 1.98. The molecule has 1 rings (SSSR count). The monoisotopic (exact) mass is 357 g/mol. The number of hydrogen-bond acceptors (Lipinski definition) is 4. The average molecular weight is 358 g/mol. The molecule has 0 saturated heterocycles. The fourth-order valence-electron chi connectivity index (χ4n) is 1.74. The molecule has 6 heteroatoms. The van der Waals surface area contributed by atoms with Gasteiger partial charge in [0.1, 0.15) is 0 Å². The highest BCUT2D eigenvalue weighted by Gasteiger charge is 2.17. The standard InChI is InChI=1S/C15H20BrNO4/c1-4-20-8-7-17(15(19)10-21-12(3)18)13-5-6-14(16)11(2)9-13/h5-6,9H,4,7-8,10H2,1-3H3. The van der Waals surface area contributed by atoms with Crippen LogP contribution in [0.2, 0.25) is 0 Å². The van der Waals surface area contributed by atoms with Crippen LogP contribution in [0.5, 0.6) is 0 Å². The second-order valence-corrected chi connectivity index (χ2v) is 5.31. The van der Waals surface area contributed by atoms with E-state index >= 15 is 0 Å². The molecule has 5 nitrogen and oxygen atoms in total. The lowest BCUT2D eigenvalue weighted by atomic mass is 10.2. The Morgan fingerprint density at radius 1 is 1.33 bits per heavy atom. The summed E-state index contributed by atoms with van der Waals surface area (Å²) in [5.41, 5.74) is 1.78. The van der Waals surface area contributed by atoms with Gasteiger partial charge in [-0.25, -0.2) is 0 Å². The molecule has 0 bridgehead atoms. The summed E-state index contributed by atoms with van der Waals surface area (Å²) in [7, 11) is 0. The minimum atomic E-state index is -0.472. The number of amides is 1. The first-order valence-electron chi connectivity index (χ1n) is 6.73. The zero-order valence-electron chi connectivity index (χ0n) is 12.5. The number of nitrogens with zero attached hydrogens (tertiary/aromatic N) is 1. The highest BCUT2D eigenvalue weighted by molar-refractivity contribution is 9.10. The highest BCUT2D eigenvalue weighted by Crippen LogP contribution is 2.23. The summed E-state index contributed by atoms with van der Waals surface area (Å²) in [6.45, 7) is 6.29. The van der Waals surface area contributed by atoms with Gasteiger partial charge < -0.3 is 14.4 Å². The molecular formula is C15H20BrNO4. The molecule has 0 spiro atoms. The molecule has 0 N–H and O–H groups in total. The second-order valence-electron chi connectivity index (χ2n) is 4.46. The predicted molar refractivity (Wildman–Crippen MR) is 84.4 cm³/mol. The molecule has 0 radical (unpaired) electrons. The Morgan fingerprint density at radius 2 is 2.05 bits per heavy atom. The van der Waals surface area contributed by atoms with E-state index < -0.39 is 5.97 Å². The molecule has 1 aromatic rings. The van der Waals surface area contributed by atoms with Crippen molar-refractivity contribution in [2.75, 3.05) is 31.3 Å². The molecule has 1 amide bonds. The number of carbonyl (C=O) groups excluding carboxylic acids is 2. The maximum Gasteiger partial charge on any atom is 0.303 e. The number of rotatable bonds is 7. The van der Waals surface area contributed by atoms with Gasteiger partial charge in [0, 0.05) is 30.2 Å². The Balaban J connectivity index is 2.86. The van der Waals surface area contributed by atoms with Gasteiger partial charge in [0.05, 0.1) is 6.61 Å². The quantitative estimate of drug-likeness (QED) is 0.556. The van der Waals surface area contributed by atoms with Gasteiger partial charge in [0.25, 0.3) is 5.91 Å². The molecule has 0 atom stereocenters. The molecule has 0 unspecified atom stereocenters. The van der Waals surface area contributed by atoms with Crippen molar-refractivity contribution in [3.63, 3.8) is 0 Å². The van der Waals surface area contributed by atoms with Gasteiger partial charge in [-0.15, -0.1) is 0 Å². The minimum Gasteiger partial charge on any atom is -0.456 e. The Labute approximate surface area is 133 Å². The van der Waals surface area contributed by atoms with Crippen molar-refractivity contribution in [3.05, 3.63) is 28.2 Å². The van der Waals surface area contributed by atoms with Crippen molar-refractivity contribution in [1.29, 1.82) is 0 Å². The van der Waals surface area contributed by atoms with Crippen LogP contribution in [-0.2, 0) is 19.1 Å². The van der Waals surface area contributed by atoms with E-state index in [9.17, 15) is 9.59 Å². The number of benzene rings is 1. The lowest BCUT2D eigenvalue weighted by molar-refractivity contribution is -0.145. The lowest BCUT2D eigenvalue weighted by Crippen LogP contribution is -2.37. The van der Waals surface area contributed by atoms with Crippen LogP contribution in [0.15, 0.2) is 22.7 Å². The van der Waals surface area contributed by atoms with Crippen LogP contribution in [0.25, 0.3) is 0 Å². The van der Waals surface area contributed by atoms with Crippen LogP contribution in [0, 0.1) is 6.92 Å². The number of carbonyl (C=O) groups is 2. The first-order valence-corrected chi connectivity index (χ1v) is 7.52. The topological polar surface area (TPSA) is 55.8 Å². The third-order valence-corrected chi connectivity index (χ3v) is 3.71. The number of hydrogen-bond donors (Lipinski definition) is 0. The molecule has 0 fully saturated rings. The number of esters is 1. The summed E-state index contributed by atoms with van der Waals surface area (Å²) in [4.78, 5) is 24.6. The third-order valence-electron chi connectivity index (χ3n) is 2.82. The summed E-state index contributed by atoms with van der Waals surface area (Å²) in [6.07, 6.45) is 0. The largest absolute Gasteiger partial charge is 0.456 e. The summed E-state index contributed by atoms with van der Waals surface area (Å²) in [5, 5.41) is 0. The van der Waals surface area contributed by atoms with E-state index in [0.717, 1.165) is 15.7 Å². The van der Waals surface area contributed by atoms with Crippen LogP contribution < -0.4 is 4.90 Å². The summed E-state index contributed by atoms with van der Waals surface area (Å²) in [6, 6.07) is 5.63. The second kappa shape index (κ2) is 8.79. The zero-order valence-corrected chi connectivity index (χ0v) is 14.1. The lowest BCUT2D eigenvalue weighted by Gasteiger charge is -2.23. The highest BCUT2D eigenvalue weighted by atomic mass is 79.9. The molecule has 0 heterocycles. The van der Waals surface area contributed by atoms with Crippen molar-refractivity contribution >= 4 is 33.5 Å². The van der Waals surface area contributed by atoms with Crippen LogP contribution >= 0.6 is 15.9 Å². The SMILES string of the molecule is CCOCCN(C(=O)COC(C)=O)c1ccc(Br)c(C)c1. The summed E-state index contributed by atoms with van der Waals surface area (Å²) < 4.78 is 11.1. The Kier molecular flexibility index (Phi) is 7.39. The Morgan fingerprint density at radius 3 is 2.62 bits per heavy atom. The molecule has 0 aliphatic carbocycles. The average Bonchev–Trinajstić information content (AvgIpc) is 2.44. The van der Waals surface area contributed by atoms with Gasteiger partial charge in [-0.1, -0.05) is 15.9 Å². The van der Waals surface area contributed by atoms with E-state index in [-0.39, 0.29) is 12.5 Å². The number of ether oxygens (including phenoxy) is 2. The van der Waals surface area contributed by atoms with E-state index in [1.807, 2.05) is 32.0 Å². The van der Waals surface area contributed by atoms with Crippen molar-refractivity contribution in [2.24, 2.45) is 0 Å². The zero-order chi connectivity index (χ0) is 15.8. The van der Waals surface area contributed by atoms with Crippen molar-refractivity contribution in [3.8, 4) is 0 Å². The van der Waals surface area contributed by atoms with Crippen LogP contribution in [0.1, 0.15) is 19.4 Å². The molecule has 0 aromatic heterocycles. The van der Waals surface area contributed by atoms with Crippen LogP contribution in [0.3, 0.4) is 0 Å². The number of aryl methyl sites for hydroxylation is 1. The normalized spacial score (nSPS) is 10.3. The molecule has 116 valence electrons. The molecule has 0 aliphatic heterocycles. The van der Waals surface area contributed by atoms with E-state index in [1.54, 1.807) is 4.90 Å². The molecule has 1 aromatic carbocycles. The first-order chi connectivity index (χ1) is 9.95. The van der Waals surface area contributed by atoms with Crippen molar-refractivity contribution in [2.45, 2.75) is 20.8 Å². The van der Waals surface area contributed by atoms with Gasteiger partial charge in [0.2, 0.25) is 0 Å². The van der Waals surface area contributed by atoms with E-state index in [0.29, 0.717) is 19.8 Å². The first kappa shape index (κ1) is 17.7. The summed E-state index contributed by atoms with van der Waals surface area (Å²) in [5.74, 6) is -0.744. The number of halogens is 1. The van der Waals surface area contributed by atoms with Crippen LogP contribution in [-0.4, -0.2) is 38.2 Å².